The zero-order valence-electron chi connectivity index (χ0n) is 14.0. The van der Waals surface area contributed by atoms with E-state index >= 15 is 0 Å². The molecule has 0 amide bonds. The first-order valence-electron chi connectivity index (χ1n) is 8.73. The maximum absolute atomic E-state index is 12.5. The number of nitrogens with zero attached hydrogens (tertiary/aromatic N) is 2. The summed E-state index contributed by atoms with van der Waals surface area (Å²) in [6.45, 7) is 1.88. The Labute approximate surface area is 153 Å². The van der Waals surface area contributed by atoms with E-state index in [2.05, 4.69) is 11.4 Å². The van der Waals surface area contributed by atoms with Gasteiger partial charge in [-0.15, -0.1) is 11.3 Å². The monoisotopic (exact) mass is 367 g/mol. The zero-order chi connectivity index (χ0) is 17.8. The van der Waals surface area contributed by atoms with E-state index in [4.69, 9.17) is 4.98 Å². The number of carboxylic acids is 1. The molecule has 1 fully saturated rings. The molecule has 0 saturated heterocycles. The highest BCUT2D eigenvalue weighted by Gasteiger charge is 2.27. The van der Waals surface area contributed by atoms with Crippen molar-refractivity contribution in [2.45, 2.75) is 31.8 Å². The lowest BCUT2D eigenvalue weighted by atomic mass is 10.1. The zero-order valence-corrected chi connectivity index (χ0v) is 14.8. The van der Waals surface area contributed by atoms with Crippen molar-refractivity contribution < 1.29 is 9.90 Å². The van der Waals surface area contributed by atoms with Crippen LogP contribution < -0.4 is 10.7 Å². The summed E-state index contributed by atoms with van der Waals surface area (Å²) in [6.07, 6.45) is 4.46. The van der Waals surface area contributed by atoms with Crippen molar-refractivity contribution in [1.82, 2.24) is 14.9 Å². The van der Waals surface area contributed by atoms with Gasteiger partial charge in [0.2, 0.25) is 5.43 Å². The minimum Gasteiger partial charge on any atom is -0.477 e. The first-order valence-corrected chi connectivity index (χ1v) is 9.55. The smallest absolute Gasteiger partial charge is 0.341 e. The third-order valence-electron chi connectivity index (χ3n) is 5.05. The van der Waals surface area contributed by atoms with Gasteiger partial charge in [0.25, 0.3) is 0 Å². The van der Waals surface area contributed by atoms with Crippen molar-refractivity contribution in [3.63, 3.8) is 0 Å². The number of thiophene rings is 1. The van der Waals surface area contributed by atoms with Crippen molar-refractivity contribution in [1.29, 1.82) is 0 Å². The van der Waals surface area contributed by atoms with E-state index in [0.717, 1.165) is 42.9 Å². The Bertz CT molecular complexity index is 1090. The molecule has 1 aliphatic carbocycles. The molecule has 3 aromatic rings. The fraction of sp³-hybridized carbons (Fsp3) is 0.316. The van der Waals surface area contributed by atoms with Crippen LogP contribution in [0.5, 0.6) is 0 Å². The molecule has 3 aromatic heterocycles. The van der Waals surface area contributed by atoms with Gasteiger partial charge in [0.1, 0.15) is 11.2 Å². The predicted octanol–water partition coefficient (Wildman–Crippen LogP) is 2.80. The average molecular weight is 367 g/mol. The number of rotatable bonds is 3. The fourth-order valence-corrected chi connectivity index (χ4v) is 4.68. The van der Waals surface area contributed by atoms with Gasteiger partial charge in [0, 0.05) is 23.7 Å². The first-order chi connectivity index (χ1) is 12.6. The van der Waals surface area contributed by atoms with Crippen molar-refractivity contribution in [2.75, 3.05) is 6.54 Å². The van der Waals surface area contributed by atoms with Crippen molar-refractivity contribution in [3.05, 3.63) is 50.6 Å². The van der Waals surface area contributed by atoms with Crippen molar-refractivity contribution in [2.24, 2.45) is 0 Å². The van der Waals surface area contributed by atoms with Crippen LogP contribution in [0.25, 0.3) is 21.6 Å². The highest BCUT2D eigenvalue weighted by Crippen LogP contribution is 2.38. The molecule has 0 bridgehead atoms. The molecular formula is C19H17N3O3S. The van der Waals surface area contributed by atoms with Crippen LogP contribution in [0.2, 0.25) is 0 Å². The molecule has 0 unspecified atom stereocenters. The molecule has 26 heavy (non-hydrogen) atoms. The first kappa shape index (κ1) is 15.7. The summed E-state index contributed by atoms with van der Waals surface area (Å²) in [5.41, 5.74) is 2.15. The van der Waals surface area contributed by atoms with Crippen LogP contribution in [0.15, 0.2) is 29.2 Å². The van der Waals surface area contributed by atoms with Crippen LogP contribution in [0.3, 0.4) is 0 Å². The molecule has 1 aliphatic heterocycles. The third-order valence-corrected chi connectivity index (χ3v) is 6.25. The SMILES string of the molecule is O=C(O)c1cn(C2CC2)c2nc(-c3cc4c(s3)CNCC4)ccc2c1=O. The largest absolute Gasteiger partial charge is 0.477 e. The highest BCUT2D eigenvalue weighted by molar-refractivity contribution is 7.15. The Balaban J connectivity index is 1.71. The van der Waals surface area contributed by atoms with Gasteiger partial charge in [-0.25, -0.2) is 9.78 Å². The summed E-state index contributed by atoms with van der Waals surface area (Å²) < 4.78 is 1.87. The Kier molecular flexibility index (Phi) is 3.48. The molecule has 0 spiro atoms. The van der Waals surface area contributed by atoms with Gasteiger partial charge >= 0.3 is 5.97 Å². The van der Waals surface area contributed by atoms with E-state index in [1.807, 2.05) is 10.6 Å². The summed E-state index contributed by atoms with van der Waals surface area (Å²) in [6, 6.07) is 5.99. The Morgan fingerprint density at radius 1 is 1.35 bits per heavy atom. The molecule has 7 heteroatoms. The minimum atomic E-state index is -1.19. The van der Waals surface area contributed by atoms with Crippen LogP contribution in [0.1, 0.15) is 39.7 Å². The lowest BCUT2D eigenvalue weighted by Gasteiger charge is -2.11. The van der Waals surface area contributed by atoms with Gasteiger partial charge in [-0.3, -0.25) is 4.79 Å². The molecule has 132 valence electrons. The molecule has 2 N–H and O–H groups in total. The minimum absolute atomic E-state index is 0.184. The van der Waals surface area contributed by atoms with E-state index in [1.54, 1.807) is 17.4 Å². The standard InChI is InChI=1S/C19H17N3O3S/c23-17-12-3-4-14(15-7-10-5-6-20-8-16(10)26-15)21-18(12)22(11-1-2-11)9-13(17)19(24)25/h3-4,7,9,11,20H,1-2,5-6,8H2,(H,24,25). The Morgan fingerprint density at radius 3 is 2.92 bits per heavy atom. The maximum atomic E-state index is 12.5. The molecular weight excluding hydrogens is 350 g/mol. The second kappa shape index (κ2) is 5.75. The quantitative estimate of drug-likeness (QED) is 0.744. The Morgan fingerprint density at radius 2 is 2.19 bits per heavy atom. The van der Waals surface area contributed by atoms with Gasteiger partial charge in [0.15, 0.2) is 0 Å². The summed E-state index contributed by atoms with van der Waals surface area (Å²) in [5, 5.41) is 13.1. The van der Waals surface area contributed by atoms with Gasteiger partial charge < -0.3 is 15.0 Å². The van der Waals surface area contributed by atoms with E-state index in [1.165, 1.54) is 16.6 Å². The normalized spacial score (nSPS) is 16.6. The number of nitrogens with one attached hydrogen (secondary N) is 1. The molecule has 0 aromatic carbocycles. The van der Waals surface area contributed by atoms with E-state index in [9.17, 15) is 14.7 Å². The van der Waals surface area contributed by atoms with Crippen LogP contribution in [0.4, 0.5) is 0 Å². The topological polar surface area (TPSA) is 84.2 Å². The number of aromatic nitrogens is 2. The van der Waals surface area contributed by atoms with E-state index in [0.29, 0.717) is 11.0 Å². The molecule has 1 saturated carbocycles. The number of carbonyl (C=O) groups is 1. The number of pyridine rings is 2. The molecule has 5 rings (SSSR count). The predicted molar refractivity (Wildman–Crippen MR) is 100.0 cm³/mol. The summed E-state index contributed by atoms with van der Waals surface area (Å²) in [7, 11) is 0. The fourth-order valence-electron chi connectivity index (χ4n) is 3.53. The summed E-state index contributed by atoms with van der Waals surface area (Å²) >= 11 is 1.73. The van der Waals surface area contributed by atoms with E-state index in [-0.39, 0.29) is 11.6 Å². The lowest BCUT2D eigenvalue weighted by molar-refractivity contribution is 0.0695. The lowest BCUT2D eigenvalue weighted by Crippen LogP contribution is -2.21. The van der Waals surface area contributed by atoms with Crippen LogP contribution in [-0.4, -0.2) is 27.2 Å². The highest BCUT2D eigenvalue weighted by atomic mass is 32.1. The van der Waals surface area contributed by atoms with Gasteiger partial charge in [0.05, 0.1) is 16.0 Å². The van der Waals surface area contributed by atoms with Crippen LogP contribution in [-0.2, 0) is 13.0 Å². The van der Waals surface area contributed by atoms with Crippen molar-refractivity contribution >= 4 is 28.3 Å². The van der Waals surface area contributed by atoms with E-state index < -0.39 is 11.4 Å². The van der Waals surface area contributed by atoms with Crippen LogP contribution >= 0.6 is 11.3 Å². The molecule has 0 radical (unpaired) electrons. The number of aromatic carboxylic acids is 1. The molecule has 2 aliphatic rings. The second-order valence-corrected chi connectivity index (χ2v) is 8.01. The van der Waals surface area contributed by atoms with Gasteiger partial charge in [-0.05, 0) is 49.6 Å². The van der Waals surface area contributed by atoms with Gasteiger partial charge in [-0.2, -0.15) is 0 Å². The number of fused-ring (bicyclic) bond motifs is 2. The molecule has 0 atom stereocenters. The number of hydrogen-bond donors (Lipinski definition) is 2. The Hall–Kier alpha value is -2.51. The summed E-state index contributed by atoms with van der Waals surface area (Å²) in [5.74, 6) is -1.19. The third kappa shape index (κ3) is 2.47. The second-order valence-electron chi connectivity index (χ2n) is 6.87. The molecule has 4 heterocycles. The van der Waals surface area contributed by atoms with Crippen molar-refractivity contribution in [3.8, 4) is 10.6 Å². The van der Waals surface area contributed by atoms with Crippen LogP contribution in [0, 0.1) is 0 Å². The molecule has 6 nitrogen and oxygen atoms in total. The maximum Gasteiger partial charge on any atom is 0.341 e. The van der Waals surface area contributed by atoms with Gasteiger partial charge in [-0.1, -0.05) is 0 Å². The average Bonchev–Trinajstić information content (AvgIpc) is 3.39. The summed E-state index contributed by atoms with van der Waals surface area (Å²) in [4.78, 5) is 31.2. The number of carboxylic acid groups (broad SMARTS) is 1. The number of hydrogen-bond acceptors (Lipinski definition) is 5.